The van der Waals surface area contributed by atoms with Gasteiger partial charge < -0.3 is 4.90 Å². The van der Waals surface area contributed by atoms with Crippen molar-refractivity contribution in [2.45, 2.75) is 17.7 Å². The van der Waals surface area contributed by atoms with Crippen molar-refractivity contribution >= 4 is 42.6 Å². The van der Waals surface area contributed by atoms with Gasteiger partial charge in [-0.3, -0.25) is 9.69 Å². The number of carbonyl (C=O) groups excluding carboxylic acids is 1. The molecule has 0 radical (unpaired) electrons. The molecular weight excluding hydrogens is 451 g/mol. The lowest BCUT2D eigenvalue weighted by atomic mass is 10.2. The van der Waals surface area contributed by atoms with Gasteiger partial charge in [0.05, 0.1) is 15.1 Å². The first-order valence-electron chi connectivity index (χ1n) is 10.4. The highest BCUT2D eigenvalue weighted by atomic mass is 32.2. The molecule has 32 heavy (non-hydrogen) atoms. The molecule has 0 aliphatic carbocycles. The Balaban J connectivity index is 1.63. The minimum Gasteiger partial charge on any atom is -0.308 e. The van der Waals surface area contributed by atoms with Crippen LogP contribution in [0.2, 0.25) is 0 Å². The largest absolute Gasteiger partial charge is 0.308 e. The molecule has 0 unspecified atom stereocenters. The van der Waals surface area contributed by atoms with Crippen molar-refractivity contribution in [3.63, 3.8) is 0 Å². The van der Waals surface area contributed by atoms with Crippen molar-refractivity contribution in [1.82, 2.24) is 14.2 Å². The molecule has 0 spiro atoms. The number of likely N-dealkylation sites (N-methyl/N-ethyl adjacent to an activating group) is 1. The first kappa shape index (κ1) is 22.8. The number of amides is 1. The molecule has 10 heteroatoms. The van der Waals surface area contributed by atoms with Crippen LogP contribution >= 0.6 is 11.3 Å². The van der Waals surface area contributed by atoms with E-state index in [4.69, 9.17) is 0 Å². The van der Waals surface area contributed by atoms with Crippen LogP contribution in [0.4, 0.5) is 9.52 Å². The Morgan fingerprint density at radius 2 is 1.78 bits per heavy atom. The third kappa shape index (κ3) is 4.68. The van der Waals surface area contributed by atoms with Crippen LogP contribution in [-0.2, 0) is 10.0 Å². The summed E-state index contributed by atoms with van der Waals surface area (Å²) < 4.78 is 41.3. The van der Waals surface area contributed by atoms with Crippen LogP contribution in [0.3, 0.4) is 0 Å². The molecule has 0 saturated carbocycles. The second-order valence-electron chi connectivity index (χ2n) is 8.00. The maximum absolute atomic E-state index is 13.6. The summed E-state index contributed by atoms with van der Waals surface area (Å²) in [4.78, 5) is 21.6. The van der Waals surface area contributed by atoms with Gasteiger partial charge in [-0.2, -0.15) is 4.31 Å². The SMILES string of the molecule is CN(C)CCN(C(=O)c1ccc(S(=O)(=O)N2CCCC2)cc1)c1nc2ccc(F)cc2s1. The number of halogens is 1. The number of carbonyl (C=O) groups is 1. The quantitative estimate of drug-likeness (QED) is 0.522. The molecule has 4 rings (SSSR count). The summed E-state index contributed by atoms with van der Waals surface area (Å²) in [6.45, 7) is 2.05. The number of anilines is 1. The van der Waals surface area contributed by atoms with E-state index in [1.807, 2.05) is 19.0 Å². The van der Waals surface area contributed by atoms with Gasteiger partial charge in [0.1, 0.15) is 5.82 Å². The average Bonchev–Trinajstić information content (AvgIpc) is 3.44. The lowest BCUT2D eigenvalue weighted by Crippen LogP contribution is -2.36. The highest BCUT2D eigenvalue weighted by Gasteiger charge is 2.28. The van der Waals surface area contributed by atoms with E-state index in [0.29, 0.717) is 47.1 Å². The normalized spacial score (nSPS) is 15.0. The van der Waals surface area contributed by atoms with Gasteiger partial charge in [0, 0.05) is 31.7 Å². The van der Waals surface area contributed by atoms with E-state index in [1.54, 1.807) is 23.1 Å². The maximum atomic E-state index is 13.6. The lowest BCUT2D eigenvalue weighted by molar-refractivity contribution is 0.0985. The van der Waals surface area contributed by atoms with Gasteiger partial charge in [-0.25, -0.2) is 17.8 Å². The standard InChI is InChI=1S/C22H25FN4O3S2/c1-25(2)13-14-27(22-24-19-10-7-17(23)15-20(19)31-22)21(28)16-5-8-18(9-6-16)32(29,30)26-11-3-4-12-26/h5-10,15H,3-4,11-14H2,1-2H3. The van der Waals surface area contributed by atoms with Gasteiger partial charge in [0.15, 0.2) is 5.13 Å². The third-order valence-corrected chi connectivity index (χ3v) is 8.34. The summed E-state index contributed by atoms with van der Waals surface area (Å²) in [7, 11) is 0.282. The molecule has 1 aliphatic heterocycles. The molecule has 1 aromatic heterocycles. The van der Waals surface area contributed by atoms with E-state index in [-0.39, 0.29) is 16.6 Å². The zero-order valence-electron chi connectivity index (χ0n) is 18.0. The van der Waals surface area contributed by atoms with Gasteiger partial charge >= 0.3 is 0 Å². The number of aromatic nitrogens is 1. The first-order valence-corrected chi connectivity index (χ1v) is 12.6. The zero-order valence-corrected chi connectivity index (χ0v) is 19.6. The van der Waals surface area contributed by atoms with Crippen LogP contribution in [0.25, 0.3) is 10.2 Å². The van der Waals surface area contributed by atoms with E-state index in [2.05, 4.69) is 4.98 Å². The number of nitrogens with zero attached hydrogens (tertiary/aromatic N) is 4. The van der Waals surface area contributed by atoms with Crippen LogP contribution < -0.4 is 4.90 Å². The van der Waals surface area contributed by atoms with Crippen molar-refractivity contribution in [3.8, 4) is 0 Å². The number of hydrogen-bond donors (Lipinski definition) is 0. The fourth-order valence-corrected chi connectivity index (χ4v) is 6.12. The Labute approximate surface area is 191 Å². The Morgan fingerprint density at radius 1 is 1.09 bits per heavy atom. The molecule has 2 heterocycles. The van der Waals surface area contributed by atoms with Gasteiger partial charge in [-0.05, 0) is 69.4 Å². The third-order valence-electron chi connectivity index (χ3n) is 5.39. The van der Waals surface area contributed by atoms with Gasteiger partial charge in [0.2, 0.25) is 10.0 Å². The molecule has 0 atom stereocenters. The molecular formula is C22H25FN4O3S2. The molecule has 7 nitrogen and oxygen atoms in total. The Bertz CT molecular complexity index is 1220. The van der Waals surface area contributed by atoms with E-state index >= 15 is 0 Å². The van der Waals surface area contributed by atoms with E-state index in [0.717, 1.165) is 12.8 Å². The first-order chi connectivity index (χ1) is 15.3. The van der Waals surface area contributed by atoms with Crippen molar-refractivity contribution in [2.75, 3.05) is 45.2 Å². The van der Waals surface area contributed by atoms with Gasteiger partial charge in [0.25, 0.3) is 5.91 Å². The molecule has 2 aromatic carbocycles. The number of hydrogen-bond acceptors (Lipinski definition) is 6. The topological polar surface area (TPSA) is 73.8 Å². The molecule has 1 aliphatic rings. The highest BCUT2D eigenvalue weighted by Crippen LogP contribution is 2.30. The summed E-state index contributed by atoms with van der Waals surface area (Å²) >= 11 is 1.25. The number of rotatable bonds is 7. The number of fused-ring (bicyclic) bond motifs is 1. The average molecular weight is 477 g/mol. The number of thiazole rings is 1. The van der Waals surface area contributed by atoms with Gasteiger partial charge in [-0.15, -0.1) is 0 Å². The fourth-order valence-electron chi connectivity index (χ4n) is 3.59. The van der Waals surface area contributed by atoms with Crippen LogP contribution in [0.1, 0.15) is 23.2 Å². The zero-order chi connectivity index (χ0) is 22.9. The second-order valence-corrected chi connectivity index (χ2v) is 11.0. The fraction of sp³-hybridized carbons (Fsp3) is 0.364. The van der Waals surface area contributed by atoms with Crippen LogP contribution in [-0.4, -0.2) is 68.8 Å². The highest BCUT2D eigenvalue weighted by molar-refractivity contribution is 7.89. The van der Waals surface area contributed by atoms with Crippen LogP contribution in [0, 0.1) is 5.82 Å². The van der Waals surface area contributed by atoms with Crippen molar-refractivity contribution in [3.05, 3.63) is 53.8 Å². The number of sulfonamides is 1. The predicted molar refractivity (Wildman–Crippen MR) is 124 cm³/mol. The Kier molecular flexibility index (Phi) is 6.57. The summed E-state index contributed by atoms with van der Waals surface area (Å²) in [6, 6.07) is 10.4. The predicted octanol–water partition coefficient (Wildman–Crippen LogP) is 3.43. The Hall–Kier alpha value is -2.40. The van der Waals surface area contributed by atoms with Crippen LogP contribution in [0.5, 0.6) is 0 Å². The molecule has 1 fully saturated rings. The van der Waals surface area contributed by atoms with Crippen molar-refractivity contribution in [1.29, 1.82) is 0 Å². The summed E-state index contributed by atoms with van der Waals surface area (Å²) in [5.41, 5.74) is 0.996. The second kappa shape index (κ2) is 9.22. The summed E-state index contributed by atoms with van der Waals surface area (Å²) in [6.07, 6.45) is 1.73. The molecule has 3 aromatic rings. The smallest absolute Gasteiger partial charge is 0.260 e. The minimum absolute atomic E-state index is 0.186. The van der Waals surface area contributed by atoms with E-state index in [9.17, 15) is 17.6 Å². The summed E-state index contributed by atoms with van der Waals surface area (Å²) in [5, 5.41) is 0.478. The van der Waals surface area contributed by atoms with E-state index in [1.165, 1.54) is 39.9 Å². The molecule has 0 N–H and O–H groups in total. The Morgan fingerprint density at radius 3 is 2.44 bits per heavy atom. The minimum atomic E-state index is -3.54. The van der Waals surface area contributed by atoms with E-state index < -0.39 is 10.0 Å². The van der Waals surface area contributed by atoms with Crippen molar-refractivity contribution in [2.24, 2.45) is 0 Å². The molecule has 170 valence electrons. The van der Waals surface area contributed by atoms with Gasteiger partial charge in [-0.1, -0.05) is 11.3 Å². The van der Waals surface area contributed by atoms with Crippen molar-refractivity contribution < 1.29 is 17.6 Å². The molecule has 1 amide bonds. The monoisotopic (exact) mass is 476 g/mol. The summed E-state index contributed by atoms with van der Waals surface area (Å²) in [5.74, 6) is -0.634. The number of benzene rings is 2. The van der Waals surface area contributed by atoms with Crippen LogP contribution in [0.15, 0.2) is 47.4 Å². The molecule has 1 saturated heterocycles. The lowest BCUT2D eigenvalue weighted by Gasteiger charge is -2.22. The maximum Gasteiger partial charge on any atom is 0.260 e. The molecule has 0 bridgehead atoms.